The Hall–Kier alpha value is -4.59. The predicted octanol–water partition coefficient (Wildman–Crippen LogP) is 3.41. The second-order valence-electron chi connectivity index (χ2n) is 10.8. The number of rotatable bonds is 11. The number of methoxy groups -OCH3 is 1. The Kier molecular flexibility index (Phi) is 11.0. The number of aromatic nitrogens is 3. The molecule has 2 aromatic heterocycles. The molecule has 47 heavy (non-hydrogen) atoms. The lowest BCUT2D eigenvalue weighted by Crippen LogP contribution is -2.53. The highest BCUT2D eigenvalue weighted by Crippen LogP contribution is 2.36. The van der Waals surface area contributed by atoms with Gasteiger partial charge in [-0.3, -0.25) is 24.0 Å². The van der Waals surface area contributed by atoms with Crippen LogP contribution in [0.25, 0.3) is 11.0 Å². The maximum atomic E-state index is 13.1. The number of anilines is 1. The third kappa shape index (κ3) is 7.87. The van der Waals surface area contributed by atoms with Crippen molar-refractivity contribution in [2.45, 2.75) is 13.2 Å². The van der Waals surface area contributed by atoms with Gasteiger partial charge in [-0.2, -0.15) is 4.98 Å². The number of hydrogen-bond donors (Lipinski definition) is 2. The van der Waals surface area contributed by atoms with Gasteiger partial charge in [-0.25, -0.2) is 4.79 Å². The lowest BCUT2D eigenvalue weighted by Gasteiger charge is -2.33. The normalized spacial score (nSPS) is 13.3. The van der Waals surface area contributed by atoms with E-state index in [1.165, 1.54) is 4.90 Å². The van der Waals surface area contributed by atoms with E-state index in [2.05, 4.69) is 20.6 Å². The van der Waals surface area contributed by atoms with Crippen LogP contribution in [0.15, 0.2) is 54.7 Å². The third-order valence-corrected chi connectivity index (χ3v) is 8.66. The molecule has 15 heteroatoms. The van der Waals surface area contributed by atoms with Crippen molar-refractivity contribution in [2.24, 2.45) is 0 Å². The molecule has 0 radical (unpaired) electrons. The number of likely N-dealkylation sites (N-methyl/N-ethyl adjacent to an activating group) is 1. The molecule has 1 aliphatic rings. The molecule has 0 spiro atoms. The average molecular weight is 684 g/mol. The summed E-state index contributed by atoms with van der Waals surface area (Å²) in [7, 11) is 4.72. The maximum Gasteiger partial charge on any atom is 0.317 e. The summed E-state index contributed by atoms with van der Waals surface area (Å²) in [6, 6.07) is 14.9. The molecule has 13 nitrogen and oxygen atoms in total. The zero-order chi connectivity index (χ0) is 33.5. The highest BCUT2D eigenvalue weighted by molar-refractivity contribution is 6.38. The second-order valence-corrected chi connectivity index (χ2v) is 11.6. The number of urea groups is 1. The lowest BCUT2D eigenvalue weighted by molar-refractivity contribution is -0.125. The molecule has 1 aliphatic heterocycles. The van der Waals surface area contributed by atoms with Crippen LogP contribution >= 0.6 is 23.2 Å². The molecule has 3 heterocycles. The Labute approximate surface area is 282 Å². The summed E-state index contributed by atoms with van der Waals surface area (Å²) in [5.74, 6) is -0.154. The number of carbonyl (C=O) groups is 3. The molecule has 4 aromatic rings. The summed E-state index contributed by atoms with van der Waals surface area (Å²) < 4.78 is 13.7. The Bertz CT molecular complexity index is 1740. The zero-order valence-corrected chi connectivity index (χ0v) is 27.8. The molecule has 1 fully saturated rings. The molecule has 4 amide bonds. The van der Waals surface area contributed by atoms with Crippen molar-refractivity contribution in [3.63, 3.8) is 0 Å². The van der Waals surface area contributed by atoms with Crippen LogP contribution in [-0.2, 0) is 22.7 Å². The highest BCUT2D eigenvalue weighted by atomic mass is 35.5. The van der Waals surface area contributed by atoms with Gasteiger partial charge in [-0.05, 0) is 36.4 Å². The number of hydrogen-bond acceptors (Lipinski definition) is 8. The van der Waals surface area contributed by atoms with Crippen LogP contribution in [0.2, 0.25) is 10.0 Å². The van der Waals surface area contributed by atoms with E-state index in [-0.39, 0.29) is 42.6 Å². The molecule has 2 N–H and O–H groups in total. The van der Waals surface area contributed by atoms with Crippen molar-refractivity contribution in [3.05, 3.63) is 76.0 Å². The molecular weight excluding hydrogens is 647 g/mol. The summed E-state index contributed by atoms with van der Waals surface area (Å²) in [6.07, 6.45) is 1.74. The number of nitrogens with one attached hydrogen (secondary N) is 2. The van der Waals surface area contributed by atoms with Gasteiger partial charge in [0, 0.05) is 57.1 Å². The number of fused-ring (bicyclic) bond motifs is 1. The predicted molar refractivity (Wildman–Crippen MR) is 179 cm³/mol. The first-order chi connectivity index (χ1) is 22.7. The van der Waals surface area contributed by atoms with Gasteiger partial charge in [0.15, 0.2) is 0 Å². The van der Waals surface area contributed by atoms with Gasteiger partial charge >= 0.3 is 6.03 Å². The van der Waals surface area contributed by atoms with Crippen LogP contribution in [0.3, 0.4) is 0 Å². The molecular formula is C32H36Cl2N8O5. The first kappa shape index (κ1) is 33.8. The third-order valence-electron chi connectivity index (χ3n) is 7.89. The number of ether oxygens (including phenoxy) is 2. The van der Waals surface area contributed by atoms with Gasteiger partial charge in [0.2, 0.25) is 11.8 Å². The average Bonchev–Trinajstić information content (AvgIpc) is 3.45. The molecule has 0 atom stereocenters. The van der Waals surface area contributed by atoms with E-state index in [4.69, 9.17) is 32.7 Å². The number of nitrogens with zero attached hydrogens (tertiary/aromatic N) is 6. The van der Waals surface area contributed by atoms with E-state index < -0.39 is 0 Å². The Morgan fingerprint density at radius 3 is 2.51 bits per heavy atom. The van der Waals surface area contributed by atoms with E-state index >= 15 is 0 Å². The van der Waals surface area contributed by atoms with E-state index in [9.17, 15) is 14.4 Å². The standard InChI is InChI=1S/C32H36Cl2N8O5/c1-35-31(45)41-15-13-40(14-16-41)19-27(43)37-17-28(44)39(2)24-11-10-23(33)22(29(24)34)20-47-26-9-6-8-25-30(26)38-32(46-3)42(25)18-21-7-4-5-12-36-21/h4-12H,13-20H2,1-3H3,(H,35,45)(H,37,43). The van der Waals surface area contributed by atoms with E-state index in [1.54, 1.807) is 50.5 Å². The Morgan fingerprint density at radius 2 is 1.81 bits per heavy atom. The number of imidazole rings is 1. The monoisotopic (exact) mass is 682 g/mol. The first-order valence-electron chi connectivity index (χ1n) is 14.9. The molecule has 0 saturated carbocycles. The smallest absolute Gasteiger partial charge is 0.317 e. The van der Waals surface area contributed by atoms with Gasteiger partial charge in [0.25, 0.3) is 6.01 Å². The van der Waals surface area contributed by atoms with E-state index in [0.29, 0.717) is 66.3 Å². The fraction of sp³-hybridized carbons (Fsp3) is 0.344. The SMILES string of the molecule is CNC(=O)N1CCN(CC(=O)NCC(=O)N(C)c2ccc(Cl)c(COc3cccc4c3nc(OC)n4Cc3ccccn3)c2Cl)CC1. The van der Waals surface area contributed by atoms with Crippen molar-refractivity contribution in [3.8, 4) is 11.8 Å². The topological polar surface area (TPSA) is 134 Å². The zero-order valence-electron chi connectivity index (χ0n) is 26.3. The highest BCUT2D eigenvalue weighted by Gasteiger charge is 2.23. The van der Waals surface area contributed by atoms with Crippen molar-refractivity contribution in [2.75, 3.05) is 65.4 Å². The summed E-state index contributed by atoms with van der Waals surface area (Å²) in [4.78, 5) is 51.5. The number of halogens is 2. The number of amides is 4. The second kappa shape index (κ2) is 15.3. The summed E-state index contributed by atoms with van der Waals surface area (Å²) in [6.45, 7) is 2.55. The summed E-state index contributed by atoms with van der Waals surface area (Å²) in [5.41, 5.74) is 3.15. The van der Waals surface area contributed by atoms with Crippen LogP contribution < -0.4 is 25.0 Å². The van der Waals surface area contributed by atoms with Crippen LogP contribution in [0.5, 0.6) is 11.8 Å². The van der Waals surface area contributed by atoms with Gasteiger partial charge in [-0.1, -0.05) is 35.3 Å². The Morgan fingerprint density at radius 1 is 1.02 bits per heavy atom. The van der Waals surface area contributed by atoms with Gasteiger partial charge in [0.1, 0.15) is 17.9 Å². The largest absolute Gasteiger partial charge is 0.486 e. The number of pyridine rings is 1. The molecule has 1 saturated heterocycles. The van der Waals surface area contributed by atoms with Crippen molar-refractivity contribution >= 4 is 57.8 Å². The van der Waals surface area contributed by atoms with Crippen LogP contribution in [0.4, 0.5) is 10.5 Å². The van der Waals surface area contributed by atoms with E-state index in [0.717, 1.165) is 11.2 Å². The van der Waals surface area contributed by atoms with Gasteiger partial charge in [0.05, 0.1) is 48.7 Å². The molecule has 0 bridgehead atoms. The Balaban J connectivity index is 1.22. The minimum absolute atomic E-state index is 0.00593. The van der Waals surface area contributed by atoms with Crippen molar-refractivity contribution < 1.29 is 23.9 Å². The number of benzene rings is 2. The van der Waals surface area contributed by atoms with Crippen molar-refractivity contribution in [1.29, 1.82) is 0 Å². The number of para-hydroxylation sites is 1. The number of carbonyl (C=O) groups excluding carboxylic acids is 3. The fourth-order valence-corrected chi connectivity index (χ4v) is 5.87. The molecule has 248 valence electrons. The van der Waals surface area contributed by atoms with Gasteiger partial charge < -0.3 is 29.9 Å². The van der Waals surface area contributed by atoms with Crippen LogP contribution in [-0.4, -0.2) is 103 Å². The van der Waals surface area contributed by atoms with Gasteiger partial charge in [-0.15, -0.1) is 0 Å². The van der Waals surface area contributed by atoms with Crippen LogP contribution in [0.1, 0.15) is 11.3 Å². The lowest BCUT2D eigenvalue weighted by atomic mass is 10.2. The minimum Gasteiger partial charge on any atom is -0.486 e. The summed E-state index contributed by atoms with van der Waals surface area (Å²) in [5, 5.41) is 5.90. The minimum atomic E-state index is -0.366. The van der Waals surface area contributed by atoms with Crippen molar-refractivity contribution in [1.82, 2.24) is 35.0 Å². The molecule has 0 aliphatic carbocycles. The number of piperazine rings is 1. The fourth-order valence-electron chi connectivity index (χ4n) is 5.26. The van der Waals surface area contributed by atoms with Crippen LogP contribution in [0, 0.1) is 0 Å². The van der Waals surface area contributed by atoms with E-state index in [1.807, 2.05) is 39.8 Å². The molecule has 5 rings (SSSR count). The maximum absolute atomic E-state index is 13.1. The summed E-state index contributed by atoms with van der Waals surface area (Å²) >= 11 is 13.3. The quantitative estimate of drug-likeness (QED) is 0.246. The molecule has 0 unspecified atom stereocenters. The molecule has 2 aromatic carbocycles. The first-order valence-corrected chi connectivity index (χ1v) is 15.7.